The van der Waals surface area contributed by atoms with E-state index in [2.05, 4.69) is 4.90 Å². The summed E-state index contributed by atoms with van der Waals surface area (Å²) in [6, 6.07) is 1.14. The van der Waals surface area contributed by atoms with E-state index in [-0.39, 0.29) is 5.41 Å². The summed E-state index contributed by atoms with van der Waals surface area (Å²) in [7, 11) is 0. The number of hydrogen-bond donors (Lipinski definition) is 1. The maximum absolute atomic E-state index is 11.2. The minimum absolute atomic E-state index is 0.277. The Hall–Kier alpha value is -1.30. The Morgan fingerprint density at radius 1 is 1.08 bits per heavy atom. The van der Waals surface area contributed by atoms with Gasteiger partial charge < -0.3 is 19.8 Å². The highest BCUT2D eigenvalue weighted by atomic mass is 16.4. The third kappa shape index (κ3) is 2.79. The monoisotopic (exact) mass is 335 g/mol. The third-order valence-corrected chi connectivity index (χ3v) is 7.16. The summed E-state index contributed by atoms with van der Waals surface area (Å²) >= 11 is 0. The van der Waals surface area contributed by atoms with E-state index in [1.807, 2.05) is 4.90 Å². The van der Waals surface area contributed by atoms with Gasteiger partial charge in [-0.25, -0.2) is 4.79 Å². The van der Waals surface area contributed by atoms with E-state index in [9.17, 15) is 9.59 Å². The molecule has 3 heterocycles. The van der Waals surface area contributed by atoms with Crippen LogP contribution in [0.4, 0.5) is 4.79 Å². The molecule has 4 aliphatic rings. The predicted molar refractivity (Wildman–Crippen MR) is 89.8 cm³/mol. The summed E-state index contributed by atoms with van der Waals surface area (Å²) in [5.74, 6) is 0.678. The molecule has 134 valence electrons. The van der Waals surface area contributed by atoms with Gasteiger partial charge >= 0.3 is 6.09 Å². The second-order valence-corrected chi connectivity index (χ2v) is 8.44. The zero-order valence-electron chi connectivity index (χ0n) is 14.4. The molecule has 1 spiro atoms. The van der Waals surface area contributed by atoms with Gasteiger partial charge in [-0.1, -0.05) is 0 Å². The van der Waals surface area contributed by atoms with Gasteiger partial charge in [0.1, 0.15) is 0 Å². The summed E-state index contributed by atoms with van der Waals surface area (Å²) in [5.41, 5.74) is 0.277. The van der Waals surface area contributed by atoms with Crippen LogP contribution < -0.4 is 0 Å². The van der Waals surface area contributed by atoms with Crippen LogP contribution in [0.2, 0.25) is 0 Å². The van der Waals surface area contributed by atoms with E-state index in [1.54, 1.807) is 4.90 Å². The van der Waals surface area contributed by atoms with Crippen LogP contribution in [-0.2, 0) is 4.79 Å². The summed E-state index contributed by atoms with van der Waals surface area (Å²) in [6.07, 6.45) is 8.44. The molecule has 0 aromatic rings. The minimum atomic E-state index is -0.757. The molecule has 24 heavy (non-hydrogen) atoms. The van der Waals surface area contributed by atoms with Crippen molar-refractivity contribution in [3.8, 4) is 0 Å². The Kier molecular flexibility index (Phi) is 4.19. The molecule has 1 aliphatic carbocycles. The second-order valence-electron chi connectivity index (χ2n) is 8.44. The van der Waals surface area contributed by atoms with Crippen molar-refractivity contribution in [1.82, 2.24) is 14.7 Å². The first-order valence-corrected chi connectivity index (χ1v) is 9.53. The molecule has 1 N–H and O–H groups in total. The number of nitrogens with zero attached hydrogens (tertiary/aromatic N) is 3. The van der Waals surface area contributed by atoms with E-state index in [0.29, 0.717) is 24.5 Å². The summed E-state index contributed by atoms with van der Waals surface area (Å²) in [6.45, 7) is 4.70. The van der Waals surface area contributed by atoms with Gasteiger partial charge in [-0.05, 0) is 69.4 Å². The number of carboxylic acid groups (broad SMARTS) is 1. The molecule has 4 rings (SSSR count). The average Bonchev–Trinajstić information content (AvgIpc) is 3.20. The molecule has 1 atom stereocenters. The second kappa shape index (κ2) is 6.21. The highest BCUT2D eigenvalue weighted by Gasteiger charge is 2.51. The van der Waals surface area contributed by atoms with Crippen LogP contribution in [0.3, 0.4) is 0 Å². The van der Waals surface area contributed by atoms with Crippen LogP contribution in [0.1, 0.15) is 44.9 Å². The summed E-state index contributed by atoms with van der Waals surface area (Å²) in [5, 5.41) is 9.14. The van der Waals surface area contributed by atoms with Crippen LogP contribution in [0, 0.1) is 11.3 Å². The van der Waals surface area contributed by atoms with Crippen molar-refractivity contribution in [1.29, 1.82) is 0 Å². The van der Waals surface area contributed by atoms with Gasteiger partial charge in [0.25, 0.3) is 0 Å². The lowest BCUT2D eigenvalue weighted by molar-refractivity contribution is -0.120. The van der Waals surface area contributed by atoms with E-state index in [0.717, 1.165) is 45.4 Å². The maximum atomic E-state index is 11.2. The molecule has 3 aliphatic heterocycles. The van der Waals surface area contributed by atoms with Gasteiger partial charge in [0.2, 0.25) is 6.41 Å². The van der Waals surface area contributed by atoms with E-state index in [4.69, 9.17) is 5.11 Å². The molecule has 0 bridgehead atoms. The van der Waals surface area contributed by atoms with E-state index in [1.165, 1.54) is 32.1 Å². The number of amides is 2. The summed E-state index contributed by atoms with van der Waals surface area (Å²) < 4.78 is 0. The van der Waals surface area contributed by atoms with Gasteiger partial charge in [0, 0.05) is 31.7 Å². The fourth-order valence-electron chi connectivity index (χ4n) is 5.75. The molecular weight excluding hydrogens is 306 g/mol. The molecule has 0 radical (unpaired) electrons. The molecule has 2 amide bonds. The van der Waals surface area contributed by atoms with Gasteiger partial charge in [-0.3, -0.25) is 4.79 Å². The van der Waals surface area contributed by atoms with Crippen LogP contribution in [0.5, 0.6) is 0 Å². The Morgan fingerprint density at radius 3 is 2.46 bits per heavy atom. The molecule has 6 nitrogen and oxygen atoms in total. The molecule has 6 heteroatoms. The normalized spacial score (nSPS) is 37.8. The van der Waals surface area contributed by atoms with Gasteiger partial charge in [0.15, 0.2) is 0 Å². The minimum Gasteiger partial charge on any atom is -0.465 e. The fraction of sp³-hybridized carbons (Fsp3) is 0.889. The zero-order valence-corrected chi connectivity index (χ0v) is 14.4. The lowest BCUT2D eigenvalue weighted by Crippen LogP contribution is -2.55. The van der Waals surface area contributed by atoms with Crippen molar-refractivity contribution in [2.24, 2.45) is 11.3 Å². The number of carbonyl (C=O) groups is 2. The predicted octanol–water partition coefficient (Wildman–Crippen LogP) is 1.85. The van der Waals surface area contributed by atoms with E-state index >= 15 is 0 Å². The van der Waals surface area contributed by atoms with Crippen molar-refractivity contribution >= 4 is 12.5 Å². The van der Waals surface area contributed by atoms with Crippen molar-refractivity contribution in [2.75, 3.05) is 32.7 Å². The van der Waals surface area contributed by atoms with Crippen molar-refractivity contribution in [3.05, 3.63) is 0 Å². The topological polar surface area (TPSA) is 64.1 Å². The highest BCUT2D eigenvalue weighted by Crippen LogP contribution is 2.50. The largest absolute Gasteiger partial charge is 0.465 e. The SMILES string of the molecule is O=CN1CCCC1C1CCN(C2CC3(CCN(C(=O)O)C3)C2)CC1. The Labute approximate surface area is 143 Å². The van der Waals surface area contributed by atoms with Crippen molar-refractivity contribution < 1.29 is 14.7 Å². The molecule has 1 saturated carbocycles. The van der Waals surface area contributed by atoms with Crippen LogP contribution in [0.25, 0.3) is 0 Å². The highest BCUT2D eigenvalue weighted by molar-refractivity contribution is 5.65. The first-order valence-electron chi connectivity index (χ1n) is 9.53. The molecule has 3 saturated heterocycles. The third-order valence-electron chi connectivity index (χ3n) is 7.16. The number of piperidine rings is 1. The summed E-state index contributed by atoms with van der Waals surface area (Å²) in [4.78, 5) is 28.5. The molecular formula is C18H29N3O3. The first-order chi connectivity index (χ1) is 11.6. The molecule has 1 unspecified atom stereocenters. The van der Waals surface area contributed by atoms with Gasteiger partial charge in [-0.15, -0.1) is 0 Å². The quantitative estimate of drug-likeness (QED) is 0.800. The van der Waals surface area contributed by atoms with Crippen molar-refractivity contribution in [3.63, 3.8) is 0 Å². The smallest absolute Gasteiger partial charge is 0.407 e. The Bertz CT molecular complexity index is 498. The zero-order chi connectivity index (χ0) is 16.7. The van der Waals surface area contributed by atoms with Crippen molar-refractivity contribution in [2.45, 2.75) is 57.0 Å². The lowest BCUT2D eigenvalue weighted by Gasteiger charge is -2.52. The van der Waals surface area contributed by atoms with Crippen LogP contribution in [-0.4, -0.2) is 77.1 Å². The van der Waals surface area contributed by atoms with E-state index < -0.39 is 6.09 Å². The fourth-order valence-corrected chi connectivity index (χ4v) is 5.75. The maximum Gasteiger partial charge on any atom is 0.407 e. The molecule has 4 fully saturated rings. The number of rotatable bonds is 3. The van der Waals surface area contributed by atoms with Gasteiger partial charge in [0.05, 0.1) is 0 Å². The van der Waals surface area contributed by atoms with Crippen LogP contribution >= 0.6 is 0 Å². The first kappa shape index (κ1) is 16.2. The van der Waals surface area contributed by atoms with Crippen LogP contribution in [0.15, 0.2) is 0 Å². The number of hydrogen-bond acceptors (Lipinski definition) is 3. The Balaban J connectivity index is 1.25. The standard InChI is InChI=1S/C18H29N3O3/c22-13-21-6-1-2-16(21)14-3-7-19(8-4-14)15-10-18(11-15)5-9-20(12-18)17(23)24/h13-16H,1-12H2,(H,23,24). The lowest BCUT2D eigenvalue weighted by atomic mass is 9.64. The molecule has 0 aromatic carbocycles. The number of likely N-dealkylation sites (tertiary alicyclic amines) is 3. The molecule has 0 aromatic heterocycles. The number of carbonyl (C=O) groups excluding carboxylic acids is 1. The van der Waals surface area contributed by atoms with Gasteiger partial charge in [-0.2, -0.15) is 0 Å². The average molecular weight is 335 g/mol. The Morgan fingerprint density at radius 2 is 1.83 bits per heavy atom.